The minimum absolute atomic E-state index is 0.0816. The van der Waals surface area contributed by atoms with E-state index in [0.29, 0.717) is 26.0 Å². The highest BCUT2D eigenvalue weighted by Gasteiger charge is 2.13. The van der Waals surface area contributed by atoms with E-state index in [1.165, 1.54) is 0 Å². The van der Waals surface area contributed by atoms with Gasteiger partial charge in [-0.15, -0.1) is 11.8 Å². The zero-order valence-corrected chi connectivity index (χ0v) is 14.9. The molecule has 1 aromatic carbocycles. The molecule has 1 aromatic rings. The second-order valence-corrected chi connectivity index (χ2v) is 7.50. The van der Waals surface area contributed by atoms with Crippen LogP contribution in [0.1, 0.15) is 37.7 Å². The van der Waals surface area contributed by atoms with Crippen molar-refractivity contribution in [2.75, 3.05) is 19.8 Å². The second kappa shape index (κ2) is 9.80. The van der Waals surface area contributed by atoms with Crippen molar-refractivity contribution in [3.63, 3.8) is 0 Å². The van der Waals surface area contributed by atoms with Crippen molar-refractivity contribution in [3.05, 3.63) is 29.8 Å². The van der Waals surface area contributed by atoms with Crippen LogP contribution in [0.25, 0.3) is 0 Å². The summed E-state index contributed by atoms with van der Waals surface area (Å²) in [5, 5.41) is 0. The van der Waals surface area contributed by atoms with Gasteiger partial charge in [0, 0.05) is 26.0 Å². The maximum Gasteiger partial charge on any atom is 0.240 e. The Bertz CT molecular complexity index is 652. The van der Waals surface area contributed by atoms with Crippen LogP contribution in [0.5, 0.6) is 0 Å². The highest BCUT2D eigenvalue weighted by Crippen LogP contribution is 2.13. The molecule has 24 heavy (non-hydrogen) atoms. The number of aryl methyl sites for hydroxylation is 1. The average molecular weight is 351 g/mol. The quantitative estimate of drug-likeness (QED) is 0.606. The third kappa shape index (κ3) is 6.62. The fraction of sp³-hybridized carbons (Fsp3) is 0.556. The van der Waals surface area contributed by atoms with E-state index in [1.54, 1.807) is 24.3 Å². The van der Waals surface area contributed by atoms with E-state index in [-0.39, 0.29) is 11.2 Å². The number of sulfonamides is 1. The molecule has 132 valence electrons. The van der Waals surface area contributed by atoms with Gasteiger partial charge in [-0.25, -0.2) is 13.1 Å². The monoisotopic (exact) mass is 351 g/mol. The lowest BCUT2D eigenvalue weighted by Crippen LogP contribution is -2.24. The molecule has 1 aliphatic rings. The van der Waals surface area contributed by atoms with Crippen molar-refractivity contribution in [2.24, 2.45) is 0 Å². The van der Waals surface area contributed by atoms with Gasteiger partial charge < -0.3 is 9.47 Å². The van der Waals surface area contributed by atoms with Gasteiger partial charge in [0.2, 0.25) is 10.0 Å². The summed E-state index contributed by atoms with van der Waals surface area (Å²) in [6.45, 7) is 3.55. The van der Waals surface area contributed by atoms with Gasteiger partial charge in [-0.2, -0.15) is 0 Å². The molecule has 0 amide bonds. The van der Waals surface area contributed by atoms with Crippen LogP contribution in [0.2, 0.25) is 0 Å². The molecule has 0 aliphatic carbocycles. The Morgan fingerprint density at radius 2 is 1.96 bits per heavy atom. The van der Waals surface area contributed by atoms with Gasteiger partial charge in [0.25, 0.3) is 0 Å². The summed E-state index contributed by atoms with van der Waals surface area (Å²) in [5.74, 6) is 5.95. The first kappa shape index (κ1) is 18.9. The first-order chi connectivity index (χ1) is 11.6. The van der Waals surface area contributed by atoms with Gasteiger partial charge in [-0.3, -0.25) is 0 Å². The number of hydrogen-bond acceptors (Lipinski definition) is 4. The van der Waals surface area contributed by atoms with Crippen LogP contribution < -0.4 is 4.72 Å². The Labute approximate surface area is 144 Å². The normalized spacial score (nSPS) is 18.0. The fourth-order valence-corrected chi connectivity index (χ4v) is 3.34. The summed E-state index contributed by atoms with van der Waals surface area (Å²) < 4.78 is 37.7. The van der Waals surface area contributed by atoms with Crippen LogP contribution in [0, 0.1) is 18.8 Å². The molecule has 0 bridgehead atoms. The minimum atomic E-state index is -3.45. The molecule has 0 radical (unpaired) electrons. The largest absolute Gasteiger partial charge is 0.353 e. The summed E-state index contributed by atoms with van der Waals surface area (Å²) in [4.78, 5) is 0.280. The van der Waals surface area contributed by atoms with Crippen molar-refractivity contribution >= 4 is 10.0 Å². The second-order valence-electron chi connectivity index (χ2n) is 5.73. The topological polar surface area (TPSA) is 64.6 Å². The van der Waals surface area contributed by atoms with Gasteiger partial charge in [-0.05, 0) is 38.3 Å². The van der Waals surface area contributed by atoms with Gasteiger partial charge in [0.1, 0.15) is 0 Å². The summed E-state index contributed by atoms with van der Waals surface area (Å²) in [5.41, 5.74) is 1.03. The number of nitrogens with one attached hydrogen (secondary N) is 1. The van der Waals surface area contributed by atoms with Crippen molar-refractivity contribution in [2.45, 2.75) is 50.2 Å². The Balaban J connectivity index is 1.61. The SMILES string of the molecule is Cc1ccc(S(=O)(=O)NCCC#CCCOC2CCCCO2)cc1. The molecule has 0 spiro atoms. The number of benzene rings is 1. The average Bonchev–Trinajstić information content (AvgIpc) is 2.58. The molecule has 5 nitrogen and oxygen atoms in total. The molecule has 1 saturated heterocycles. The molecule has 2 rings (SSSR count). The molecule has 1 unspecified atom stereocenters. The van der Waals surface area contributed by atoms with Crippen LogP contribution >= 0.6 is 0 Å². The lowest BCUT2D eigenvalue weighted by Gasteiger charge is -2.22. The Morgan fingerprint density at radius 3 is 2.67 bits per heavy atom. The van der Waals surface area contributed by atoms with Gasteiger partial charge in [0.05, 0.1) is 11.5 Å². The van der Waals surface area contributed by atoms with Crippen molar-refractivity contribution in [3.8, 4) is 11.8 Å². The summed E-state index contributed by atoms with van der Waals surface area (Å²) in [7, 11) is -3.45. The van der Waals surface area contributed by atoms with E-state index >= 15 is 0 Å². The molecule has 1 fully saturated rings. The molecule has 0 saturated carbocycles. The van der Waals surface area contributed by atoms with Crippen molar-refractivity contribution in [1.29, 1.82) is 0 Å². The molecule has 1 heterocycles. The lowest BCUT2D eigenvalue weighted by atomic mass is 10.2. The predicted octanol–water partition coefficient (Wildman–Crippen LogP) is 2.60. The van der Waals surface area contributed by atoms with Gasteiger partial charge >= 0.3 is 0 Å². The minimum Gasteiger partial charge on any atom is -0.353 e. The zero-order chi connectivity index (χ0) is 17.3. The third-order valence-electron chi connectivity index (χ3n) is 3.67. The highest BCUT2D eigenvalue weighted by atomic mass is 32.2. The van der Waals surface area contributed by atoms with E-state index in [4.69, 9.17) is 9.47 Å². The summed E-state index contributed by atoms with van der Waals surface area (Å²) in [6, 6.07) is 6.77. The van der Waals surface area contributed by atoms with Crippen LogP contribution in [-0.2, 0) is 19.5 Å². The summed E-state index contributed by atoms with van der Waals surface area (Å²) in [6.07, 6.45) is 4.24. The molecule has 0 aromatic heterocycles. The van der Waals surface area contributed by atoms with Crippen molar-refractivity contribution in [1.82, 2.24) is 4.72 Å². The molecular formula is C18H25NO4S. The van der Waals surface area contributed by atoms with Gasteiger partial charge in [-0.1, -0.05) is 17.7 Å². The van der Waals surface area contributed by atoms with E-state index < -0.39 is 10.0 Å². The Hall–Kier alpha value is -1.39. The van der Waals surface area contributed by atoms with Gasteiger partial charge in [0.15, 0.2) is 6.29 Å². The van der Waals surface area contributed by atoms with Crippen LogP contribution in [-0.4, -0.2) is 34.5 Å². The van der Waals surface area contributed by atoms with Crippen LogP contribution in [0.3, 0.4) is 0 Å². The maximum atomic E-state index is 12.1. The lowest BCUT2D eigenvalue weighted by molar-refractivity contribution is -0.161. The van der Waals surface area contributed by atoms with E-state index in [0.717, 1.165) is 31.4 Å². The molecule has 1 aliphatic heterocycles. The standard InChI is InChI=1S/C18H25NO4S/c1-16-9-11-17(12-10-16)24(20,21)19-13-5-2-3-6-14-22-18-8-4-7-15-23-18/h9-12,18-19H,4-8,13-15H2,1H3. The molecule has 1 atom stereocenters. The first-order valence-electron chi connectivity index (χ1n) is 8.33. The number of hydrogen-bond donors (Lipinski definition) is 1. The first-order valence-corrected chi connectivity index (χ1v) is 9.81. The smallest absolute Gasteiger partial charge is 0.240 e. The zero-order valence-electron chi connectivity index (χ0n) is 14.1. The maximum absolute atomic E-state index is 12.1. The van der Waals surface area contributed by atoms with E-state index in [1.807, 2.05) is 6.92 Å². The third-order valence-corrected chi connectivity index (χ3v) is 5.14. The molecule has 1 N–H and O–H groups in total. The fourth-order valence-electron chi connectivity index (χ4n) is 2.31. The highest BCUT2D eigenvalue weighted by molar-refractivity contribution is 7.89. The number of rotatable bonds is 7. The van der Waals surface area contributed by atoms with Crippen molar-refractivity contribution < 1.29 is 17.9 Å². The predicted molar refractivity (Wildman–Crippen MR) is 92.9 cm³/mol. The molecular weight excluding hydrogens is 326 g/mol. The Kier molecular flexibility index (Phi) is 7.73. The van der Waals surface area contributed by atoms with E-state index in [9.17, 15) is 8.42 Å². The Morgan fingerprint density at radius 1 is 1.21 bits per heavy atom. The van der Waals surface area contributed by atoms with E-state index in [2.05, 4.69) is 16.6 Å². The molecule has 6 heteroatoms. The van der Waals surface area contributed by atoms with Crippen LogP contribution in [0.15, 0.2) is 29.2 Å². The number of ether oxygens (including phenoxy) is 2. The van der Waals surface area contributed by atoms with Crippen LogP contribution in [0.4, 0.5) is 0 Å². The summed E-state index contributed by atoms with van der Waals surface area (Å²) >= 11 is 0.